The Labute approximate surface area is 120 Å². The Morgan fingerprint density at radius 2 is 2.30 bits per heavy atom. The van der Waals surface area contributed by atoms with E-state index >= 15 is 0 Å². The van der Waals surface area contributed by atoms with Crippen molar-refractivity contribution in [2.75, 3.05) is 26.1 Å². The molecule has 0 saturated carbocycles. The van der Waals surface area contributed by atoms with Crippen molar-refractivity contribution in [3.63, 3.8) is 0 Å². The van der Waals surface area contributed by atoms with Gasteiger partial charge in [0.2, 0.25) is 0 Å². The molecule has 0 aromatic carbocycles. The molecule has 0 radical (unpaired) electrons. The molecule has 0 bridgehead atoms. The van der Waals surface area contributed by atoms with Gasteiger partial charge in [-0.25, -0.2) is 9.78 Å². The first kappa shape index (κ1) is 14.5. The van der Waals surface area contributed by atoms with Crippen molar-refractivity contribution in [2.24, 2.45) is 0 Å². The monoisotopic (exact) mass is 296 g/mol. The molecule has 0 aliphatic carbocycles. The zero-order chi connectivity index (χ0) is 14.5. The molecule has 20 heavy (non-hydrogen) atoms. The molecule has 1 N–H and O–H groups in total. The normalized spacial score (nSPS) is 10.6. The second-order valence-electron chi connectivity index (χ2n) is 4.03. The number of thiazole rings is 1. The highest BCUT2D eigenvalue weighted by Crippen LogP contribution is 2.25. The van der Waals surface area contributed by atoms with Crippen molar-refractivity contribution in [1.29, 1.82) is 0 Å². The smallest absolute Gasteiger partial charge is 0.357 e. The molecule has 108 valence electrons. The summed E-state index contributed by atoms with van der Waals surface area (Å²) in [5.41, 5.74) is 1.15. The van der Waals surface area contributed by atoms with E-state index in [0.29, 0.717) is 24.0 Å². The summed E-state index contributed by atoms with van der Waals surface area (Å²) in [5, 5.41) is 7.94. The number of esters is 1. The van der Waals surface area contributed by atoms with Crippen molar-refractivity contribution < 1.29 is 14.3 Å². The van der Waals surface area contributed by atoms with E-state index in [-0.39, 0.29) is 0 Å². The number of methoxy groups -OCH3 is 2. The molecule has 7 nitrogen and oxygen atoms in total. The third kappa shape index (κ3) is 3.34. The highest BCUT2D eigenvalue weighted by molar-refractivity contribution is 7.15. The number of rotatable bonds is 6. The number of aryl methyl sites for hydroxylation is 1. The van der Waals surface area contributed by atoms with Crippen molar-refractivity contribution in [3.8, 4) is 0 Å². The maximum Gasteiger partial charge on any atom is 0.357 e. The van der Waals surface area contributed by atoms with Crippen LogP contribution < -0.4 is 5.32 Å². The van der Waals surface area contributed by atoms with Crippen LogP contribution in [0.1, 0.15) is 15.4 Å². The van der Waals surface area contributed by atoms with Gasteiger partial charge in [0.05, 0.1) is 32.1 Å². The van der Waals surface area contributed by atoms with E-state index < -0.39 is 5.97 Å². The summed E-state index contributed by atoms with van der Waals surface area (Å²) in [6, 6.07) is 0. The SMILES string of the molecule is COCCn1cc(Nc2nc(C(=O)OC)c(C)s2)cn1. The number of anilines is 2. The van der Waals surface area contributed by atoms with Gasteiger partial charge < -0.3 is 14.8 Å². The first-order valence-electron chi connectivity index (χ1n) is 5.98. The number of carbonyl (C=O) groups excluding carboxylic acids is 1. The summed E-state index contributed by atoms with van der Waals surface area (Å²) in [7, 11) is 2.99. The second kappa shape index (κ2) is 6.49. The fourth-order valence-corrected chi connectivity index (χ4v) is 2.42. The van der Waals surface area contributed by atoms with Gasteiger partial charge in [0.25, 0.3) is 0 Å². The van der Waals surface area contributed by atoms with E-state index in [1.807, 2.05) is 13.1 Å². The van der Waals surface area contributed by atoms with Crippen LogP contribution in [0.15, 0.2) is 12.4 Å². The number of ether oxygens (including phenoxy) is 2. The maximum absolute atomic E-state index is 11.5. The predicted octanol–water partition coefficient (Wildman–Crippen LogP) is 1.82. The molecular formula is C12H16N4O3S. The Balaban J connectivity index is 2.06. The molecule has 0 aliphatic heterocycles. The number of hydrogen-bond acceptors (Lipinski definition) is 7. The number of nitrogens with one attached hydrogen (secondary N) is 1. The lowest BCUT2D eigenvalue weighted by molar-refractivity contribution is 0.0594. The lowest BCUT2D eigenvalue weighted by Gasteiger charge is -1.99. The molecule has 0 aliphatic rings. The topological polar surface area (TPSA) is 78.3 Å². The predicted molar refractivity (Wildman–Crippen MR) is 75.6 cm³/mol. The average molecular weight is 296 g/mol. The first-order chi connectivity index (χ1) is 9.63. The highest BCUT2D eigenvalue weighted by Gasteiger charge is 2.16. The first-order valence-corrected chi connectivity index (χ1v) is 6.80. The van der Waals surface area contributed by atoms with Crippen molar-refractivity contribution in [3.05, 3.63) is 23.0 Å². The average Bonchev–Trinajstić information content (AvgIpc) is 3.03. The maximum atomic E-state index is 11.5. The lowest BCUT2D eigenvalue weighted by Crippen LogP contribution is -2.04. The Morgan fingerprint density at radius 3 is 3.00 bits per heavy atom. The quantitative estimate of drug-likeness (QED) is 0.819. The standard InChI is InChI=1S/C12H16N4O3S/c1-8-10(11(17)19-3)15-12(20-8)14-9-6-13-16(7-9)4-5-18-2/h6-7H,4-5H2,1-3H3,(H,14,15). The number of carbonyl (C=O) groups is 1. The zero-order valence-electron chi connectivity index (χ0n) is 11.5. The molecule has 0 amide bonds. The van der Waals surface area contributed by atoms with Gasteiger partial charge >= 0.3 is 5.97 Å². The molecule has 2 aromatic rings. The number of hydrogen-bond donors (Lipinski definition) is 1. The van der Waals surface area contributed by atoms with Gasteiger partial charge in [0.1, 0.15) is 0 Å². The minimum atomic E-state index is -0.428. The van der Waals surface area contributed by atoms with Crippen molar-refractivity contribution >= 4 is 28.1 Å². The van der Waals surface area contributed by atoms with Gasteiger partial charge in [-0.05, 0) is 6.92 Å². The fourth-order valence-electron chi connectivity index (χ4n) is 1.59. The third-order valence-corrected chi connectivity index (χ3v) is 3.47. The van der Waals surface area contributed by atoms with E-state index in [9.17, 15) is 4.79 Å². The van der Waals surface area contributed by atoms with Gasteiger partial charge in [0.15, 0.2) is 10.8 Å². The number of nitrogens with zero attached hydrogens (tertiary/aromatic N) is 3. The van der Waals surface area contributed by atoms with Gasteiger partial charge in [-0.2, -0.15) is 5.10 Å². The minimum absolute atomic E-state index is 0.340. The zero-order valence-corrected chi connectivity index (χ0v) is 12.4. The van der Waals surface area contributed by atoms with Crippen LogP contribution in [0.3, 0.4) is 0 Å². The molecule has 0 fully saturated rings. The molecule has 2 heterocycles. The Bertz CT molecular complexity index is 593. The lowest BCUT2D eigenvalue weighted by atomic mass is 10.4. The van der Waals surface area contributed by atoms with Crippen LogP contribution in [0.2, 0.25) is 0 Å². The summed E-state index contributed by atoms with van der Waals surface area (Å²) >= 11 is 1.40. The number of aromatic nitrogens is 3. The van der Waals surface area contributed by atoms with Crippen LogP contribution in [-0.4, -0.2) is 41.6 Å². The Morgan fingerprint density at radius 1 is 1.50 bits per heavy atom. The van der Waals surface area contributed by atoms with E-state index in [0.717, 1.165) is 10.6 Å². The Hall–Kier alpha value is -1.93. The van der Waals surface area contributed by atoms with Crippen LogP contribution in [0, 0.1) is 6.92 Å². The van der Waals surface area contributed by atoms with Crippen LogP contribution in [0.25, 0.3) is 0 Å². The largest absolute Gasteiger partial charge is 0.464 e. The van der Waals surface area contributed by atoms with Crippen LogP contribution in [0.5, 0.6) is 0 Å². The molecule has 2 rings (SSSR count). The summed E-state index contributed by atoms with van der Waals surface area (Å²) < 4.78 is 11.4. The molecule has 0 unspecified atom stereocenters. The molecular weight excluding hydrogens is 280 g/mol. The third-order valence-electron chi connectivity index (χ3n) is 2.58. The fraction of sp³-hybridized carbons (Fsp3) is 0.417. The van der Waals surface area contributed by atoms with E-state index in [1.165, 1.54) is 18.4 Å². The molecule has 8 heteroatoms. The van der Waals surface area contributed by atoms with Gasteiger partial charge in [-0.15, -0.1) is 11.3 Å². The van der Waals surface area contributed by atoms with Crippen molar-refractivity contribution in [2.45, 2.75) is 13.5 Å². The van der Waals surface area contributed by atoms with Gasteiger partial charge in [0, 0.05) is 18.2 Å². The van der Waals surface area contributed by atoms with Crippen molar-refractivity contribution in [1.82, 2.24) is 14.8 Å². The second-order valence-corrected chi connectivity index (χ2v) is 5.23. The molecule has 2 aromatic heterocycles. The van der Waals surface area contributed by atoms with Crippen LogP contribution in [0.4, 0.5) is 10.8 Å². The van der Waals surface area contributed by atoms with Crippen LogP contribution >= 0.6 is 11.3 Å². The van der Waals surface area contributed by atoms with E-state index in [2.05, 4.69) is 20.1 Å². The van der Waals surface area contributed by atoms with E-state index in [1.54, 1.807) is 18.0 Å². The summed E-state index contributed by atoms with van der Waals surface area (Å²) in [6.45, 7) is 3.11. The molecule has 0 atom stereocenters. The summed E-state index contributed by atoms with van der Waals surface area (Å²) in [4.78, 5) is 16.5. The van der Waals surface area contributed by atoms with Gasteiger partial charge in [-0.3, -0.25) is 4.68 Å². The van der Waals surface area contributed by atoms with E-state index in [4.69, 9.17) is 4.74 Å². The Kier molecular flexibility index (Phi) is 4.70. The van der Waals surface area contributed by atoms with Crippen LogP contribution in [-0.2, 0) is 16.0 Å². The molecule has 0 saturated heterocycles. The minimum Gasteiger partial charge on any atom is -0.464 e. The summed E-state index contributed by atoms with van der Waals surface area (Å²) in [5.74, 6) is -0.428. The van der Waals surface area contributed by atoms with Gasteiger partial charge in [-0.1, -0.05) is 0 Å². The summed E-state index contributed by atoms with van der Waals surface area (Å²) in [6.07, 6.45) is 3.55. The highest BCUT2D eigenvalue weighted by atomic mass is 32.1. The molecule has 0 spiro atoms.